The van der Waals surface area contributed by atoms with Gasteiger partial charge in [0.25, 0.3) is 5.91 Å². The Hall–Kier alpha value is -2.76. The van der Waals surface area contributed by atoms with Crippen molar-refractivity contribution in [1.29, 1.82) is 0 Å². The summed E-state index contributed by atoms with van der Waals surface area (Å²) in [6, 6.07) is 8.01. The highest BCUT2D eigenvalue weighted by Gasteiger charge is 2.12. The van der Waals surface area contributed by atoms with Crippen molar-refractivity contribution in [2.75, 3.05) is 7.11 Å². The molecule has 2 aromatic rings. The van der Waals surface area contributed by atoms with Crippen LogP contribution in [-0.2, 0) is 13.6 Å². The average Bonchev–Trinajstić information content (AvgIpc) is 2.53. The Bertz CT molecular complexity index is 748. The highest BCUT2D eigenvalue weighted by atomic mass is 16.5. The number of carbonyl (C=O) groups is 1. The molecule has 1 aromatic carbocycles. The number of rotatable bonds is 4. The second-order valence-corrected chi connectivity index (χ2v) is 4.92. The summed E-state index contributed by atoms with van der Waals surface area (Å²) in [4.78, 5) is 23.7. The lowest BCUT2D eigenvalue weighted by molar-refractivity contribution is 0.0950. The number of nitrogens with one attached hydrogen (secondary N) is 1. The third-order valence-corrected chi connectivity index (χ3v) is 3.55. The molecule has 1 amide bonds. The van der Waals surface area contributed by atoms with E-state index >= 15 is 0 Å². The van der Waals surface area contributed by atoms with Crippen LogP contribution in [0.2, 0.25) is 0 Å². The molecule has 0 aliphatic carbocycles. The zero-order valence-electron chi connectivity index (χ0n) is 12.7. The number of pyridine rings is 1. The normalized spacial score (nSPS) is 10.3. The van der Waals surface area contributed by atoms with Crippen molar-refractivity contribution in [3.05, 3.63) is 57.5 Å². The summed E-state index contributed by atoms with van der Waals surface area (Å²) >= 11 is 0. The van der Waals surface area contributed by atoms with E-state index in [-0.39, 0.29) is 18.2 Å². The maximum atomic E-state index is 12.1. The summed E-state index contributed by atoms with van der Waals surface area (Å²) in [6.07, 6.45) is 0. The Kier molecular flexibility index (Phi) is 4.50. The molecule has 1 aromatic heterocycles. The fourth-order valence-corrected chi connectivity index (χ4v) is 2.08. The predicted molar refractivity (Wildman–Crippen MR) is 82.2 cm³/mol. The SMILES string of the molecule is COc1ccc(C(=O)NCc2c(O)c(=O)cc(C)n2C)cc1. The number of hydrogen-bond acceptors (Lipinski definition) is 4. The van der Waals surface area contributed by atoms with Crippen molar-refractivity contribution in [2.24, 2.45) is 7.05 Å². The Morgan fingerprint density at radius 1 is 1.32 bits per heavy atom. The van der Waals surface area contributed by atoms with E-state index < -0.39 is 5.43 Å². The Balaban J connectivity index is 2.16. The zero-order chi connectivity index (χ0) is 16.3. The van der Waals surface area contributed by atoms with Crippen molar-refractivity contribution in [1.82, 2.24) is 9.88 Å². The fourth-order valence-electron chi connectivity index (χ4n) is 2.08. The number of ether oxygens (including phenoxy) is 1. The molecule has 2 rings (SSSR count). The van der Waals surface area contributed by atoms with E-state index in [9.17, 15) is 14.7 Å². The zero-order valence-corrected chi connectivity index (χ0v) is 12.7. The van der Waals surface area contributed by atoms with Crippen molar-refractivity contribution in [3.63, 3.8) is 0 Å². The molecule has 1 heterocycles. The lowest BCUT2D eigenvalue weighted by atomic mass is 10.2. The first kappa shape index (κ1) is 15.6. The van der Waals surface area contributed by atoms with Crippen LogP contribution in [0, 0.1) is 6.92 Å². The van der Waals surface area contributed by atoms with Crippen molar-refractivity contribution >= 4 is 5.91 Å². The van der Waals surface area contributed by atoms with Gasteiger partial charge in [-0.05, 0) is 31.2 Å². The average molecular weight is 302 g/mol. The molecule has 0 fully saturated rings. The van der Waals surface area contributed by atoms with Crippen LogP contribution in [0.25, 0.3) is 0 Å². The topological polar surface area (TPSA) is 80.6 Å². The molecule has 22 heavy (non-hydrogen) atoms. The molecule has 0 aliphatic rings. The number of aromatic nitrogens is 1. The van der Waals surface area contributed by atoms with Crippen LogP contribution in [0.5, 0.6) is 11.5 Å². The monoisotopic (exact) mass is 302 g/mol. The molecule has 6 nitrogen and oxygen atoms in total. The quantitative estimate of drug-likeness (QED) is 0.893. The van der Waals surface area contributed by atoms with Crippen LogP contribution in [0.15, 0.2) is 35.1 Å². The second kappa shape index (κ2) is 6.34. The Labute approximate surface area is 128 Å². The van der Waals surface area contributed by atoms with Gasteiger partial charge in [-0.3, -0.25) is 9.59 Å². The predicted octanol–water partition coefficient (Wildman–Crippen LogP) is 1.34. The summed E-state index contributed by atoms with van der Waals surface area (Å²) in [7, 11) is 3.28. The summed E-state index contributed by atoms with van der Waals surface area (Å²) in [5.41, 5.74) is 1.09. The largest absolute Gasteiger partial charge is 0.503 e. The summed E-state index contributed by atoms with van der Waals surface area (Å²) in [5.74, 6) is 0.0226. The van der Waals surface area contributed by atoms with E-state index in [2.05, 4.69) is 5.32 Å². The lowest BCUT2D eigenvalue weighted by Crippen LogP contribution is -2.26. The summed E-state index contributed by atoms with van der Waals surface area (Å²) < 4.78 is 6.70. The van der Waals surface area contributed by atoms with Gasteiger partial charge in [0, 0.05) is 24.4 Å². The summed E-state index contributed by atoms with van der Waals surface area (Å²) in [6.45, 7) is 1.82. The van der Waals surface area contributed by atoms with Gasteiger partial charge in [0.05, 0.1) is 19.3 Å². The molecule has 0 saturated carbocycles. The Morgan fingerprint density at radius 2 is 1.95 bits per heavy atom. The van der Waals surface area contributed by atoms with E-state index in [1.807, 2.05) is 0 Å². The minimum atomic E-state index is -0.454. The lowest BCUT2D eigenvalue weighted by Gasteiger charge is -2.14. The molecule has 0 aliphatic heterocycles. The highest BCUT2D eigenvalue weighted by molar-refractivity contribution is 5.94. The number of aryl methyl sites for hydroxylation is 1. The van der Waals surface area contributed by atoms with Crippen LogP contribution in [0.4, 0.5) is 0 Å². The van der Waals surface area contributed by atoms with E-state index in [1.165, 1.54) is 6.07 Å². The highest BCUT2D eigenvalue weighted by Crippen LogP contribution is 2.14. The molecule has 0 bridgehead atoms. The standard InChI is InChI=1S/C16H18N2O4/c1-10-8-14(19)15(20)13(18(10)2)9-17-16(21)11-4-6-12(22-3)7-5-11/h4-8,20H,9H2,1-3H3,(H,17,21). The van der Waals surface area contributed by atoms with Gasteiger partial charge in [-0.25, -0.2) is 0 Å². The molecule has 0 atom stereocenters. The van der Waals surface area contributed by atoms with E-state index in [1.54, 1.807) is 49.9 Å². The van der Waals surface area contributed by atoms with Crippen LogP contribution in [0.3, 0.4) is 0 Å². The van der Waals surface area contributed by atoms with E-state index in [0.29, 0.717) is 22.7 Å². The molecule has 0 saturated heterocycles. The van der Waals surface area contributed by atoms with E-state index in [4.69, 9.17) is 4.74 Å². The van der Waals surface area contributed by atoms with E-state index in [0.717, 1.165) is 0 Å². The van der Waals surface area contributed by atoms with Crippen molar-refractivity contribution in [2.45, 2.75) is 13.5 Å². The number of carbonyl (C=O) groups excluding carboxylic acids is 1. The van der Waals surface area contributed by atoms with Gasteiger partial charge in [0.15, 0.2) is 5.75 Å². The molecule has 0 unspecified atom stereocenters. The van der Waals surface area contributed by atoms with Gasteiger partial charge in [-0.2, -0.15) is 0 Å². The number of nitrogens with zero attached hydrogens (tertiary/aromatic N) is 1. The van der Waals surface area contributed by atoms with Gasteiger partial charge in [0.2, 0.25) is 5.43 Å². The summed E-state index contributed by atoms with van der Waals surface area (Å²) in [5, 5.41) is 12.5. The molecule has 2 N–H and O–H groups in total. The third-order valence-electron chi connectivity index (χ3n) is 3.55. The van der Waals surface area contributed by atoms with Crippen LogP contribution >= 0.6 is 0 Å². The molecule has 0 spiro atoms. The van der Waals surface area contributed by atoms with Crippen LogP contribution in [0.1, 0.15) is 21.7 Å². The molecular weight excluding hydrogens is 284 g/mol. The van der Waals surface area contributed by atoms with Gasteiger partial charge < -0.3 is 19.7 Å². The number of methoxy groups -OCH3 is 1. The molecular formula is C16H18N2O4. The second-order valence-electron chi connectivity index (χ2n) is 4.92. The maximum Gasteiger partial charge on any atom is 0.251 e. The van der Waals surface area contributed by atoms with Crippen LogP contribution < -0.4 is 15.5 Å². The number of aromatic hydroxyl groups is 1. The van der Waals surface area contributed by atoms with Crippen molar-refractivity contribution < 1.29 is 14.6 Å². The molecule has 116 valence electrons. The first-order valence-corrected chi connectivity index (χ1v) is 6.74. The minimum Gasteiger partial charge on any atom is -0.503 e. The number of hydrogen-bond donors (Lipinski definition) is 2. The number of amides is 1. The van der Waals surface area contributed by atoms with Gasteiger partial charge in [-0.15, -0.1) is 0 Å². The fraction of sp³-hybridized carbons (Fsp3) is 0.250. The Morgan fingerprint density at radius 3 is 2.55 bits per heavy atom. The first-order valence-electron chi connectivity index (χ1n) is 6.74. The smallest absolute Gasteiger partial charge is 0.251 e. The maximum absolute atomic E-state index is 12.1. The number of benzene rings is 1. The van der Waals surface area contributed by atoms with Crippen molar-refractivity contribution in [3.8, 4) is 11.5 Å². The van der Waals surface area contributed by atoms with Crippen LogP contribution in [-0.4, -0.2) is 22.7 Å². The van der Waals surface area contributed by atoms with Gasteiger partial charge in [0.1, 0.15) is 5.75 Å². The third kappa shape index (κ3) is 3.11. The molecule has 6 heteroatoms. The first-order chi connectivity index (χ1) is 10.4. The van der Waals surface area contributed by atoms with Gasteiger partial charge in [-0.1, -0.05) is 0 Å². The minimum absolute atomic E-state index is 0.0596. The van der Waals surface area contributed by atoms with Gasteiger partial charge >= 0.3 is 0 Å². The molecule has 0 radical (unpaired) electrons.